The minimum Gasteiger partial charge on any atom is -0.438 e. The molecule has 0 atom stereocenters. The topological polar surface area (TPSA) is 82.3 Å². The number of halogens is 5. The first kappa shape index (κ1) is 22.0. The molecule has 3 rings (SSSR count). The third kappa shape index (κ3) is 4.89. The molecule has 0 saturated carbocycles. The highest BCUT2D eigenvalue weighted by Gasteiger charge is 2.65. The Bertz CT molecular complexity index is 1230. The lowest BCUT2D eigenvalue weighted by Gasteiger charge is -2.40. The summed E-state index contributed by atoms with van der Waals surface area (Å²) in [5.74, 6) is -0.235. The summed E-state index contributed by atoms with van der Waals surface area (Å²) in [4.78, 5) is 1.84. The minimum atomic E-state index is -9.79. The summed E-state index contributed by atoms with van der Waals surface area (Å²) in [6, 6.07) is 9.45. The van der Waals surface area contributed by atoms with E-state index >= 15 is 0 Å². The molecule has 5 nitrogen and oxygen atoms in total. The van der Waals surface area contributed by atoms with Gasteiger partial charge in [0.25, 0.3) is 0 Å². The lowest BCUT2D eigenvalue weighted by Crippen LogP contribution is -2.13. The lowest BCUT2D eigenvalue weighted by atomic mass is 10.1. The maximum Gasteiger partial charge on any atom is 0.310 e. The molecule has 0 amide bonds. The number of nitrogens with two attached hydrogens (primary N) is 1. The van der Waals surface area contributed by atoms with E-state index in [-0.39, 0.29) is 28.7 Å². The SMILES string of the molecule is Cc1ccc(-c2cccnc2Oc2ccc(S(F)(F)(F)(F)F)cc2)cc1S(N)(=O)=O. The Kier molecular flexibility index (Phi) is 4.69. The Morgan fingerprint density at radius 1 is 0.967 bits per heavy atom. The van der Waals surface area contributed by atoms with Gasteiger partial charge in [-0.3, -0.25) is 0 Å². The first-order valence-electron chi connectivity index (χ1n) is 8.15. The van der Waals surface area contributed by atoms with Crippen LogP contribution in [0.3, 0.4) is 0 Å². The average molecular weight is 466 g/mol. The average Bonchev–Trinajstić information content (AvgIpc) is 2.60. The number of hydrogen-bond acceptors (Lipinski definition) is 4. The van der Waals surface area contributed by atoms with E-state index in [0.717, 1.165) is 12.1 Å². The number of sulfonamides is 1. The van der Waals surface area contributed by atoms with Crippen molar-refractivity contribution in [2.75, 3.05) is 0 Å². The van der Waals surface area contributed by atoms with Gasteiger partial charge in [-0.2, -0.15) is 0 Å². The molecule has 1 aromatic heterocycles. The van der Waals surface area contributed by atoms with Crippen LogP contribution in [0, 0.1) is 6.92 Å². The van der Waals surface area contributed by atoms with Crippen LogP contribution in [-0.2, 0) is 10.0 Å². The maximum absolute atomic E-state index is 12.8. The summed E-state index contributed by atoms with van der Waals surface area (Å²) in [6.45, 7) is 1.56. The Morgan fingerprint density at radius 3 is 2.17 bits per heavy atom. The van der Waals surface area contributed by atoms with Crippen molar-refractivity contribution in [2.24, 2.45) is 5.14 Å². The van der Waals surface area contributed by atoms with E-state index in [9.17, 15) is 27.8 Å². The summed E-state index contributed by atoms with van der Waals surface area (Å²) < 4.78 is 93.2. The van der Waals surface area contributed by atoms with Crippen LogP contribution in [0.4, 0.5) is 19.4 Å². The Balaban J connectivity index is 2.00. The van der Waals surface area contributed by atoms with Gasteiger partial charge in [0.2, 0.25) is 15.9 Å². The van der Waals surface area contributed by atoms with Crippen molar-refractivity contribution in [3.63, 3.8) is 0 Å². The fourth-order valence-electron chi connectivity index (χ4n) is 2.64. The number of pyridine rings is 1. The zero-order valence-corrected chi connectivity index (χ0v) is 16.9. The molecular formula is C18H15F5N2O3S2. The Hall–Kier alpha value is -2.70. The highest BCUT2D eigenvalue weighted by atomic mass is 32.5. The minimum absolute atomic E-state index is 0.0678. The van der Waals surface area contributed by atoms with Gasteiger partial charge in [-0.05, 0) is 60.5 Å². The molecule has 0 fully saturated rings. The number of hydrogen-bond donors (Lipinski definition) is 1. The number of primary sulfonamides is 1. The lowest BCUT2D eigenvalue weighted by molar-refractivity contribution is 0.363. The van der Waals surface area contributed by atoms with Gasteiger partial charge in [0.1, 0.15) is 10.6 Å². The molecule has 0 aliphatic carbocycles. The van der Waals surface area contributed by atoms with Crippen LogP contribution in [0.15, 0.2) is 70.6 Å². The fourth-order valence-corrected chi connectivity index (χ4v) is 4.10. The summed E-state index contributed by atoms with van der Waals surface area (Å²) in [6.07, 6.45) is 1.34. The third-order valence-corrected chi connectivity index (χ3v) is 6.28. The van der Waals surface area contributed by atoms with Gasteiger partial charge in [0.15, 0.2) is 0 Å². The number of aryl methyl sites for hydroxylation is 1. The van der Waals surface area contributed by atoms with Gasteiger partial charge in [0.05, 0.1) is 4.90 Å². The molecule has 2 N–H and O–H groups in total. The van der Waals surface area contributed by atoms with Crippen LogP contribution < -0.4 is 9.88 Å². The number of rotatable bonds is 5. The maximum atomic E-state index is 12.8. The molecule has 0 radical (unpaired) electrons. The monoisotopic (exact) mass is 466 g/mol. The second-order valence-electron chi connectivity index (χ2n) is 6.42. The number of ether oxygens (including phenoxy) is 1. The predicted molar refractivity (Wildman–Crippen MR) is 104 cm³/mol. The van der Waals surface area contributed by atoms with Crippen LogP contribution in [-0.4, -0.2) is 13.4 Å². The Labute approximate surface area is 169 Å². The quantitative estimate of drug-likeness (QED) is 0.457. The van der Waals surface area contributed by atoms with Crippen molar-refractivity contribution in [2.45, 2.75) is 16.7 Å². The number of benzene rings is 2. The molecule has 2 aromatic carbocycles. The van der Waals surface area contributed by atoms with Crippen molar-refractivity contribution < 1.29 is 32.6 Å². The summed E-state index contributed by atoms with van der Waals surface area (Å²) in [5, 5.41) is 5.21. The van der Waals surface area contributed by atoms with Crippen LogP contribution in [0.25, 0.3) is 11.1 Å². The van der Waals surface area contributed by atoms with Crippen molar-refractivity contribution in [3.05, 3.63) is 66.4 Å². The smallest absolute Gasteiger partial charge is 0.310 e. The van der Waals surface area contributed by atoms with Crippen LogP contribution >= 0.6 is 10.2 Å². The highest BCUT2D eigenvalue weighted by Crippen LogP contribution is 3.02. The summed E-state index contributed by atoms with van der Waals surface area (Å²) in [7, 11) is -13.8. The van der Waals surface area contributed by atoms with Crippen molar-refractivity contribution in [1.82, 2.24) is 4.98 Å². The molecule has 0 unspecified atom stereocenters. The normalized spacial score (nSPS) is 14.6. The predicted octanol–water partition coefficient (Wildman–Crippen LogP) is 6.15. The summed E-state index contributed by atoms with van der Waals surface area (Å²) >= 11 is 0. The highest BCUT2D eigenvalue weighted by molar-refractivity contribution is 8.45. The molecule has 162 valence electrons. The van der Waals surface area contributed by atoms with E-state index in [1.165, 1.54) is 24.4 Å². The largest absolute Gasteiger partial charge is 0.438 e. The molecule has 1 heterocycles. The van der Waals surface area contributed by atoms with Crippen LogP contribution in [0.1, 0.15) is 5.56 Å². The molecule has 0 aliphatic heterocycles. The van der Waals surface area contributed by atoms with E-state index in [1.54, 1.807) is 19.1 Å². The Morgan fingerprint density at radius 2 is 1.60 bits per heavy atom. The summed E-state index contributed by atoms with van der Waals surface area (Å²) in [5.41, 5.74) is 1.11. The number of aromatic nitrogens is 1. The molecule has 3 aromatic rings. The first-order valence-corrected chi connectivity index (χ1v) is 11.7. The molecule has 0 spiro atoms. The van der Waals surface area contributed by atoms with E-state index in [2.05, 4.69) is 4.98 Å². The van der Waals surface area contributed by atoms with Gasteiger partial charge in [-0.25, -0.2) is 18.5 Å². The van der Waals surface area contributed by atoms with Crippen LogP contribution in [0.2, 0.25) is 0 Å². The molecular weight excluding hydrogens is 451 g/mol. The van der Waals surface area contributed by atoms with E-state index < -0.39 is 25.1 Å². The molecule has 0 aliphatic rings. The second kappa shape index (κ2) is 6.40. The van der Waals surface area contributed by atoms with Gasteiger partial charge in [-0.15, -0.1) is 0 Å². The standard InChI is InChI=1S/C18H15F5N2O3S2/c1-12-4-5-13(11-17(12)29(24,26)27)16-3-2-10-25-18(16)28-14-6-8-15(9-7-14)30(19,20,21,22)23/h2-11H,1H3,(H2,24,26,27). The molecule has 0 bridgehead atoms. The van der Waals surface area contributed by atoms with E-state index in [4.69, 9.17) is 9.88 Å². The molecule has 12 heteroatoms. The van der Waals surface area contributed by atoms with Crippen molar-refractivity contribution in [1.29, 1.82) is 0 Å². The van der Waals surface area contributed by atoms with Gasteiger partial charge < -0.3 is 4.74 Å². The van der Waals surface area contributed by atoms with Gasteiger partial charge in [0, 0.05) is 11.8 Å². The van der Waals surface area contributed by atoms with E-state index in [0.29, 0.717) is 16.7 Å². The first-order chi connectivity index (χ1) is 13.5. The van der Waals surface area contributed by atoms with E-state index in [1.807, 2.05) is 0 Å². The fraction of sp³-hybridized carbons (Fsp3) is 0.0556. The third-order valence-electron chi connectivity index (χ3n) is 4.06. The molecule has 0 saturated heterocycles. The van der Waals surface area contributed by atoms with Crippen LogP contribution in [0.5, 0.6) is 11.6 Å². The zero-order valence-electron chi connectivity index (χ0n) is 15.2. The second-order valence-corrected chi connectivity index (χ2v) is 10.4. The van der Waals surface area contributed by atoms with Gasteiger partial charge in [-0.1, -0.05) is 31.6 Å². The van der Waals surface area contributed by atoms with Crippen molar-refractivity contribution in [3.8, 4) is 22.8 Å². The molecule has 30 heavy (non-hydrogen) atoms. The number of nitrogens with zero attached hydrogens (tertiary/aromatic N) is 1. The van der Waals surface area contributed by atoms with Crippen molar-refractivity contribution >= 4 is 20.2 Å². The zero-order chi connectivity index (χ0) is 22.4. The van der Waals surface area contributed by atoms with Gasteiger partial charge >= 0.3 is 10.2 Å².